The van der Waals surface area contributed by atoms with Gasteiger partial charge in [-0.2, -0.15) is 0 Å². The van der Waals surface area contributed by atoms with Crippen LogP contribution in [0.15, 0.2) is 93.9 Å². The molecule has 3 heterocycles. The van der Waals surface area contributed by atoms with E-state index in [9.17, 15) is 14.0 Å². The zero-order chi connectivity index (χ0) is 31.1. The van der Waals surface area contributed by atoms with Crippen molar-refractivity contribution in [2.75, 3.05) is 13.1 Å². The van der Waals surface area contributed by atoms with Crippen LogP contribution in [0.4, 0.5) is 4.39 Å². The van der Waals surface area contributed by atoms with E-state index in [1.165, 1.54) is 23.5 Å². The molecule has 0 bridgehead atoms. The van der Waals surface area contributed by atoms with Crippen molar-refractivity contribution >= 4 is 45.8 Å². The van der Waals surface area contributed by atoms with E-state index in [2.05, 4.69) is 10.6 Å². The average molecular weight is 627 g/mol. The molecule has 1 amide bonds. The first-order valence-corrected chi connectivity index (χ1v) is 15.8. The molecule has 0 aliphatic carbocycles. The predicted molar refractivity (Wildman–Crippen MR) is 175 cm³/mol. The number of carbonyl (C=O) groups excluding carboxylic acids is 1. The van der Waals surface area contributed by atoms with Crippen LogP contribution in [0.1, 0.15) is 49.2 Å². The summed E-state index contributed by atoms with van der Waals surface area (Å²) in [5.74, 6) is -0.404. The van der Waals surface area contributed by atoms with Crippen LogP contribution in [0.2, 0.25) is 5.02 Å². The first-order chi connectivity index (χ1) is 21.2. The molecule has 1 aliphatic rings. The van der Waals surface area contributed by atoms with E-state index in [1.807, 2.05) is 64.1 Å². The second-order valence-electron chi connectivity index (χ2n) is 10.8. The molecule has 3 aromatic carbocycles. The number of fused-ring (bicyclic) bond motifs is 2. The number of rotatable bonds is 7. The van der Waals surface area contributed by atoms with Gasteiger partial charge in [0.05, 0.1) is 21.8 Å². The number of para-hydroxylation sites is 1. The summed E-state index contributed by atoms with van der Waals surface area (Å²) >= 11 is 7.55. The van der Waals surface area contributed by atoms with Crippen molar-refractivity contribution in [3.05, 3.63) is 137 Å². The highest BCUT2D eigenvalue weighted by Crippen LogP contribution is 2.32. The molecule has 44 heavy (non-hydrogen) atoms. The zero-order valence-electron chi connectivity index (χ0n) is 25.0. The molecule has 0 saturated heterocycles. The third-order valence-corrected chi connectivity index (χ3v) is 9.53. The van der Waals surface area contributed by atoms with Crippen molar-refractivity contribution in [2.45, 2.75) is 40.3 Å². The van der Waals surface area contributed by atoms with E-state index >= 15 is 0 Å². The summed E-state index contributed by atoms with van der Waals surface area (Å²) in [4.78, 5) is 35.2. The largest absolute Gasteiger partial charge is 0.340 e. The van der Waals surface area contributed by atoms with Gasteiger partial charge in [0.1, 0.15) is 5.82 Å². The monoisotopic (exact) mass is 626 g/mol. The van der Waals surface area contributed by atoms with Gasteiger partial charge >= 0.3 is 0 Å². The Morgan fingerprint density at radius 3 is 2.39 bits per heavy atom. The topological polar surface area (TPSA) is 59.6 Å². The Labute approximate surface area is 263 Å². The van der Waals surface area contributed by atoms with Crippen molar-refractivity contribution in [3.8, 4) is 0 Å². The number of benzene rings is 3. The SMILES string of the molecule is CCN(CC)C(=O)C1=C(C)N=c2s/c(=C/c3c(C)n(Cc4ccc(F)cc4)c4ccccc34)c(=O)n2[C@@H]1c1ccc(Cl)cc1. The Morgan fingerprint density at radius 1 is 1.02 bits per heavy atom. The van der Waals surface area contributed by atoms with Gasteiger partial charge in [0.15, 0.2) is 4.80 Å². The number of amides is 1. The lowest BCUT2D eigenvalue weighted by atomic mass is 9.94. The standard InChI is InChI=1S/C35H32ClFN4O2S/c1-5-39(6-2)34(43)31-21(3)38-35-41(32(31)24-13-15-25(36)16-14-24)33(42)30(44-35)19-28-22(4)40(29-10-8-7-9-27(28)29)20-23-11-17-26(37)18-12-23/h7-19,32H,5-6,20H2,1-4H3/b30-19+/t32-/m1/s1. The zero-order valence-corrected chi connectivity index (χ0v) is 26.5. The fourth-order valence-corrected chi connectivity index (χ4v) is 7.14. The van der Waals surface area contributed by atoms with Gasteiger partial charge in [-0.15, -0.1) is 0 Å². The molecule has 6 nitrogen and oxygen atoms in total. The minimum atomic E-state index is -0.639. The van der Waals surface area contributed by atoms with Gasteiger partial charge in [-0.3, -0.25) is 14.2 Å². The number of hydrogen-bond donors (Lipinski definition) is 0. The number of likely N-dealkylation sites (N-methyl/N-ethyl adjacent to an activating group) is 1. The van der Waals surface area contributed by atoms with Gasteiger partial charge in [-0.05, 0) is 75.2 Å². The molecule has 0 fully saturated rings. The minimum Gasteiger partial charge on any atom is -0.340 e. The van der Waals surface area contributed by atoms with Gasteiger partial charge in [-0.25, -0.2) is 9.38 Å². The highest BCUT2D eigenvalue weighted by atomic mass is 35.5. The molecule has 0 spiro atoms. The van der Waals surface area contributed by atoms with E-state index in [4.69, 9.17) is 16.6 Å². The van der Waals surface area contributed by atoms with Crippen LogP contribution in [0, 0.1) is 12.7 Å². The Balaban J connectivity index is 1.54. The van der Waals surface area contributed by atoms with Crippen molar-refractivity contribution < 1.29 is 9.18 Å². The molecule has 0 saturated carbocycles. The molecule has 5 aromatic rings. The van der Waals surface area contributed by atoms with Crippen molar-refractivity contribution in [1.82, 2.24) is 14.0 Å². The van der Waals surface area contributed by atoms with Gasteiger partial charge in [0.25, 0.3) is 11.5 Å². The molecule has 0 unspecified atom stereocenters. The maximum absolute atomic E-state index is 14.3. The van der Waals surface area contributed by atoms with Gasteiger partial charge < -0.3 is 9.47 Å². The maximum Gasteiger partial charge on any atom is 0.271 e. The molecule has 1 atom stereocenters. The second kappa shape index (κ2) is 12.0. The first kappa shape index (κ1) is 29.8. The van der Waals surface area contributed by atoms with Gasteiger partial charge in [0, 0.05) is 46.8 Å². The molecule has 1 aliphatic heterocycles. The van der Waals surface area contributed by atoms with E-state index in [0.717, 1.165) is 33.3 Å². The molecule has 6 rings (SSSR count). The Morgan fingerprint density at radius 2 is 1.70 bits per heavy atom. The van der Waals surface area contributed by atoms with Crippen LogP contribution < -0.4 is 14.9 Å². The minimum absolute atomic E-state index is 0.134. The van der Waals surface area contributed by atoms with E-state index in [0.29, 0.717) is 45.3 Å². The summed E-state index contributed by atoms with van der Waals surface area (Å²) in [6.07, 6.45) is 1.94. The molecule has 9 heteroatoms. The number of halogens is 2. The number of carbonyl (C=O) groups is 1. The van der Waals surface area contributed by atoms with E-state index in [-0.39, 0.29) is 17.3 Å². The summed E-state index contributed by atoms with van der Waals surface area (Å²) < 4.78 is 17.9. The molecule has 224 valence electrons. The number of thiazole rings is 1. The van der Waals surface area contributed by atoms with Crippen molar-refractivity contribution in [2.24, 2.45) is 4.99 Å². The summed E-state index contributed by atoms with van der Waals surface area (Å²) in [5.41, 5.74) is 5.60. The summed E-state index contributed by atoms with van der Waals surface area (Å²) in [6.45, 7) is 9.42. The maximum atomic E-state index is 14.3. The number of aromatic nitrogens is 2. The lowest BCUT2D eigenvalue weighted by Crippen LogP contribution is -2.43. The summed E-state index contributed by atoms with van der Waals surface area (Å²) in [6, 6.07) is 21.2. The number of nitrogens with zero attached hydrogens (tertiary/aromatic N) is 4. The molecule has 2 aromatic heterocycles. The third kappa shape index (κ3) is 5.22. The summed E-state index contributed by atoms with van der Waals surface area (Å²) in [7, 11) is 0. The predicted octanol–water partition coefficient (Wildman–Crippen LogP) is 6.21. The smallest absolute Gasteiger partial charge is 0.271 e. The van der Waals surface area contributed by atoms with Crippen LogP contribution in [-0.4, -0.2) is 33.0 Å². The Hall–Kier alpha value is -4.27. The number of allylic oxidation sites excluding steroid dienone is 1. The average Bonchev–Trinajstić information content (AvgIpc) is 3.47. The number of hydrogen-bond acceptors (Lipinski definition) is 4. The molecule has 0 radical (unpaired) electrons. The van der Waals surface area contributed by atoms with E-state index in [1.54, 1.807) is 33.7 Å². The quantitative estimate of drug-likeness (QED) is 0.216. The molecule has 0 N–H and O–H groups in total. The lowest BCUT2D eigenvalue weighted by molar-refractivity contribution is -0.127. The fraction of sp³-hybridized carbons (Fsp3) is 0.229. The molecular formula is C35H32ClFN4O2S. The van der Waals surface area contributed by atoms with Gasteiger partial charge in [0.2, 0.25) is 0 Å². The Bertz CT molecular complexity index is 2100. The normalized spacial score (nSPS) is 15.0. The highest BCUT2D eigenvalue weighted by Gasteiger charge is 2.34. The van der Waals surface area contributed by atoms with Crippen LogP contribution in [0.3, 0.4) is 0 Å². The van der Waals surface area contributed by atoms with Crippen LogP contribution in [0.25, 0.3) is 17.0 Å². The Kier molecular flexibility index (Phi) is 8.14. The molecular weight excluding hydrogens is 595 g/mol. The van der Waals surface area contributed by atoms with Gasteiger partial charge in [-0.1, -0.05) is 65.4 Å². The van der Waals surface area contributed by atoms with Crippen molar-refractivity contribution in [1.29, 1.82) is 0 Å². The first-order valence-electron chi connectivity index (χ1n) is 14.6. The highest BCUT2D eigenvalue weighted by molar-refractivity contribution is 7.07. The van der Waals surface area contributed by atoms with Crippen LogP contribution >= 0.6 is 22.9 Å². The summed E-state index contributed by atoms with van der Waals surface area (Å²) in [5, 5.41) is 1.59. The van der Waals surface area contributed by atoms with E-state index < -0.39 is 6.04 Å². The van der Waals surface area contributed by atoms with Crippen molar-refractivity contribution in [3.63, 3.8) is 0 Å². The van der Waals surface area contributed by atoms with Crippen LogP contribution in [0.5, 0.6) is 0 Å². The second-order valence-corrected chi connectivity index (χ2v) is 12.3. The van der Waals surface area contributed by atoms with Crippen LogP contribution in [-0.2, 0) is 11.3 Å². The third-order valence-electron chi connectivity index (χ3n) is 8.30. The fourth-order valence-electron chi connectivity index (χ4n) is 5.98. The lowest BCUT2D eigenvalue weighted by Gasteiger charge is -2.29.